The molecular formula is C23H24ClNO5. The zero-order valence-electron chi connectivity index (χ0n) is 17.3. The number of nitrogens with zero attached hydrogens (tertiary/aromatic N) is 1. The second-order valence-corrected chi connectivity index (χ2v) is 7.81. The number of hydrogen-bond donors (Lipinski definition) is 2. The molecule has 0 bridgehead atoms. The lowest BCUT2D eigenvalue weighted by molar-refractivity contribution is -0.119. The molecular weight excluding hydrogens is 406 g/mol. The van der Waals surface area contributed by atoms with Crippen molar-refractivity contribution < 1.29 is 24.5 Å². The van der Waals surface area contributed by atoms with Gasteiger partial charge in [0.25, 0.3) is 5.91 Å². The third-order valence-electron chi connectivity index (χ3n) is 5.10. The van der Waals surface area contributed by atoms with Crippen molar-refractivity contribution >= 4 is 29.0 Å². The van der Waals surface area contributed by atoms with E-state index in [-0.39, 0.29) is 22.9 Å². The first kappa shape index (κ1) is 21.7. The number of hydrogen-bond acceptors (Lipinski definition) is 5. The second-order valence-electron chi connectivity index (χ2n) is 7.40. The van der Waals surface area contributed by atoms with Crippen molar-refractivity contribution in [1.82, 2.24) is 0 Å². The maximum atomic E-state index is 13.1. The molecule has 3 rings (SSSR count). The smallest absolute Gasteiger partial charge is 0.294 e. The van der Waals surface area contributed by atoms with Crippen LogP contribution in [0, 0.1) is 12.8 Å². The van der Waals surface area contributed by atoms with Gasteiger partial charge in [-0.15, -0.1) is 0 Å². The Morgan fingerprint density at radius 2 is 1.93 bits per heavy atom. The number of phenols is 1. The van der Waals surface area contributed by atoms with Gasteiger partial charge in [0.1, 0.15) is 0 Å². The van der Waals surface area contributed by atoms with Crippen LogP contribution in [0.3, 0.4) is 0 Å². The molecule has 0 aliphatic carbocycles. The van der Waals surface area contributed by atoms with Crippen molar-refractivity contribution in [2.75, 3.05) is 11.5 Å². The average molecular weight is 430 g/mol. The number of anilines is 1. The minimum Gasteiger partial charge on any atom is -0.504 e. The molecule has 7 heteroatoms. The summed E-state index contributed by atoms with van der Waals surface area (Å²) in [6, 6.07) is 8.87. The first-order valence-electron chi connectivity index (χ1n) is 9.70. The largest absolute Gasteiger partial charge is 0.504 e. The summed E-state index contributed by atoms with van der Waals surface area (Å²) >= 11 is 6.27. The SMILES string of the molecule is CCOc1cc(C2C(C(=O)C(C)C)=C(O)C(=O)N2c2cccc(Cl)c2C)ccc1O. The van der Waals surface area contributed by atoms with Crippen LogP contribution >= 0.6 is 11.6 Å². The number of aliphatic hydroxyl groups excluding tert-OH is 1. The molecule has 0 radical (unpaired) electrons. The normalized spacial score (nSPS) is 16.5. The number of ether oxygens (including phenoxy) is 1. The summed E-state index contributed by atoms with van der Waals surface area (Å²) in [5.41, 5.74) is 1.67. The molecule has 0 spiro atoms. The molecule has 1 aliphatic rings. The van der Waals surface area contributed by atoms with Crippen molar-refractivity contribution in [3.05, 3.63) is 63.9 Å². The fraction of sp³-hybridized carbons (Fsp3) is 0.304. The molecule has 1 aliphatic heterocycles. The molecule has 1 heterocycles. The van der Waals surface area contributed by atoms with Crippen LogP contribution in [0.5, 0.6) is 11.5 Å². The summed E-state index contributed by atoms with van der Waals surface area (Å²) in [6.45, 7) is 7.30. The van der Waals surface area contributed by atoms with E-state index in [4.69, 9.17) is 16.3 Å². The molecule has 1 atom stereocenters. The number of halogens is 1. The molecule has 2 aromatic carbocycles. The first-order valence-corrected chi connectivity index (χ1v) is 10.1. The summed E-state index contributed by atoms with van der Waals surface area (Å²) in [7, 11) is 0. The Bertz CT molecular complexity index is 1040. The van der Waals surface area contributed by atoms with E-state index in [1.54, 1.807) is 58.0 Å². The monoisotopic (exact) mass is 429 g/mol. The summed E-state index contributed by atoms with van der Waals surface area (Å²) in [5.74, 6) is -1.85. The van der Waals surface area contributed by atoms with Gasteiger partial charge in [-0.05, 0) is 49.2 Å². The number of ketones is 1. The van der Waals surface area contributed by atoms with Gasteiger partial charge >= 0.3 is 0 Å². The molecule has 158 valence electrons. The molecule has 1 amide bonds. The third kappa shape index (κ3) is 3.63. The number of benzene rings is 2. The van der Waals surface area contributed by atoms with Crippen LogP contribution < -0.4 is 9.64 Å². The Balaban J connectivity index is 2.25. The molecule has 2 N–H and O–H groups in total. The van der Waals surface area contributed by atoms with E-state index in [9.17, 15) is 19.8 Å². The van der Waals surface area contributed by atoms with E-state index < -0.39 is 23.6 Å². The Labute approximate surface area is 180 Å². The maximum Gasteiger partial charge on any atom is 0.294 e. The fourth-order valence-electron chi connectivity index (χ4n) is 3.56. The zero-order chi connectivity index (χ0) is 22.2. The highest BCUT2D eigenvalue weighted by Gasteiger charge is 2.45. The highest BCUT2D eigenvalue weighted by molar-refractivity contribution is 6.32. The number of carbonyl (C=O) groups excluding carboxylic acids is 2. The van der Waals surface area contributed by atoms with Crippen LogP contribution in [0.1, 0.15) is 37.9 Å². The van der Waals surface area contributed by atoms with Crippen molar-refractivity contribution in [2.45, 2.75) is 33.7 Å². The summed E-state index contributed by atoms with van der Waals surface area (Å²) in [5, 5.41) is 21.2. The third-order valence-corrected chi connectivity index (χ3v) is 5.51. The van der Waals surface area contributed by atoms with Crippen LogP contribution in [0.2, 0.25) is 5.02 Å². The highest BCUT2D eigenvalue weighted by Crippen LogP contribution is 2.45. The number of Topliss-reactive ketones (excluding diaryl/α,β-unsaturated/α-hetero) is 1. The van der Waals surface area contributed by atoms with E-state index >= 15 is 0 Å². The van der Waals surface area contributed by atoms with Gasteiger partial charge in [0.05, 0.1) is 18.2 Å². The molecule has 1 unspecified atom stereocenters. The Hall–Kier alpha value is -2.99. The zero-order valence-corrected chi connectivity index (χ0v) is 18.0. The summed E-state index contributed by atoms with van der Waals surface area (Å²) in [4.78, 5) is 27.5. The average Bonchev–Trinajstić information content (AvgIpc) is 2.96. The van der Waals surface area contributed by atoms with E-state index in [1.165, 1.54) is 11.0 Å². The van der Waals surface area contributed by atoms with Gasteiger partial charge in [-0.2, -0.15) is 0 Å². The van der Waals surface area contributed by atoms with Gasteiger partial charge in [0.15, 0.2) is 23.0 Å². The van der Waals surface area contributed by atoms with Crippen LogP contribution in [-0.2, 0) is 9.59 Å². The van der Waals surface area contributed by atoms with E-state index in [0.717, 1.165) is 0 Å². The molecule has 6 nitrogen and oxygen atoms in total. The molecule has 0 aromatic heterocycles. The van der Waals surface area contributed by atoms with Gasteiger partial charge in [-0.1, -0.05) is 37.6 Å². The van der Waals surface area contributed by atoms with Gasteiger partial charge in [0, 0.05) is 16.6 Å². The van der Waals surface area contributed by atoms with Crippen LogP contribution in [0.25, 0.3) is 0 Å². The van der Waals surface area contributed by atoms with Crippen molar-refractivity contribution in [3.8, 4) is 11.5 Å². The highest BCUT2D eigenvalue weighted by atomic mass is 35.5. The minimum atomic E-state index is -0.885. The van der Waals surface area contributed by atoms with Crippen molar-refractivity contribution in [3.63, 3.8) is 0 Å². The number of rotatable bonds is 6. The van der Waals surface area contributed by atoms with Crippen LogP contribution in [0.15, 0.2) is 47.7 Å². The topological polar surface area (TPSA) is 87.1 Å². The molecule has 30 heavy (non-hydrogen) atoms. The van der Waals surface area contributed by atoms with Crippen molar-refractivity contribution in [2.24, 2.45) is 5.92 Å². The number of phenolic OH excluding ortho intramolecular Hbond substituents is 1. The maximum absolute atomic E-state index is 13.1. The van der Waals surface area contributed by atoms with E-state index in [0.29, 0.717) is 28.4 Å². The first-order chi connectivity index (χ1) is 14.2. The van der Waals surface area contributed by atoms with Gasteiger partial charge in [-0.3, -0.25) is 14.5 Å². The van der Waals surface area contributed by atoms with Crippen molar-refractivity contribution in [1.29, 1.82) is 0 Å². The lowest BCUT2D eigenvalue weighted by atomic mass is 9.90. The Kier molecular flexibility index (Phi) is 6.08. The number of aromatic hydroxyl groups is 1. The van der Waals surface area contributed by atoms with Gasteiger partial charge < -0.3 is 14.9 Å². The molecule has 0 fully saturated rings. The van der Waals surface area contributed by atoms with E-state index in [1.807, 2.05) is 0 Å². The predicted octanol–water partition coefficient (Wildman–Crippen LogP) is 4.88. The lowest BCUT2D eigenvalue weighted by Gasteiger charge is -2.29. The Morgan fingerprint density at radius 3 is 2.57 bits per heavy atom. The minimum absolute atomic E-state index is 0.0162. The summed E-state index contributed by atoms with van der Waals surface area (Å²) in [6.07, 6.45) is 0. The number of amides is 1. The van der Waals surface area contributed by atoms with Gasteiger partial charge in [0.2, 0.25) is 0 Å². The summed E-state index contributed by atoms with van der Waals surface area (Å²) < 4.78 is 5.48. The standard InChI is InChI=1S/C23H24ClNO5/c1-5-30-18-11-14(9-10-17(18)26)20-19(21(27)12(2)3)22(28)23(29)25(20)16-8-6-7-15(24)13(16)4/h6-12,20,26,28H,5H2,1-4H3. The van der Waals surface area contributed by atoms with Gasteiger partial charge in [-0.25, -0.2) is 0 Å². The molecule has 2 aromatic rings. The lowest BCUT2D eigenvalue weighted by Crippen LogP contribution is -2.32. The number of aliphatic hydroxyl groups is 1. The van der Waals surface area contributed by atoms with E-state index in [2.05, 4.69) is 0 Å². The quantitative estimate of drug-likeness (QED) is 0.683. The predicted molar refractivity (Wildman–Crippen MR) is 115 cm³/mol. The molecule has 0 saturated heterocycles. The van der Waals surface area contributed by atoms with Crippen LogP contribution in [-0.4, -0.2) is 28.5 Å². The molecule has 0 saturated carbocycles. The fourth-order valence-corrected chi connectivity index (χ4v) is 3.73. The van der Waals surface area contributed by atoms with Crippen LogP contribution in [0.4, 0.5) is 5.69 Å². The second kappa shape index (κ2) is 8.40. The Morgan fingerprint density at radius 1 is 1.23 bits per heavy atom. The number of carbonyl (C=O) groups is 2.